The van der Waals surface area contributed by atoms with Crippen LogP contribution in [0.5, 0.6) is 0 Å². The molecule has 106 valence electrons. The van der Waals surface area contributed by atoms with E-state index in [1.165, 1.54) is 12.8 Å². The van der Waals surface area contributed by atoms with E-state index >= 15 is 0 Å². The number of aromatic nitrogens is 2. The lowest BCUT2D eigenvalue weighted by molar-refractivity contribution is 0.390. The summed E-state index contributed by atoms with van der Waals surface area (Å²) in [5.74, 6) is 1.97. The summed E-state index contributed by atoms with van der Waals surface area (Å²) in [7, 11) is 0. The maximum Gasteiger partial charge on any atom is 0.260 e. The van der Waals surface area contributed by atoms with Crippen LogP contribution in [0.15, 0.2) is 28.8 Å². The summed E-state index contributed by atoms with van der Waals surface area (Å²) < 4.78 is 5.27. The number of nitrogens with one attached hydrogen (secondary N) is 2. The van der Waals surface area contributed by atoms with Gasteiger partial charge in [0.15, 0.2) is 5.82 Å². The molecular weight excluding hydrogens is 252 g/mol. The number of rotatable bonds is 4. The second kappa shape index (κ2) is 6.05. The van der Waals surface area contributed by atoms with Crippen LogP contribution in [0, 0.1) is 12.8 Å². The highest BCUT2D eigenvalue weighted by atomic mass is 16.5. The predicted molar refractivity (Wildman–Crippen MR) is 78.6 cm³/mol. The molecule has 5 nitrogen and oxygen atoms in total. The lowest BCUT2D eigenvalue weighted by Gasteiger charge is -2.23. The molecule has 0 atom stereocenters. The molecule has 0 aliphatic carbocycles. The Kier molecular flexibility index (Phi) is 3.97. The fraction of sp³-hybridized carbons (Fsp3) is 0.467. The van der Waals surface area contributed by atoms with Crippen molar-refractivity contribution in [3.05, 3.63) is 30.1 Å². The van der Waals surface area contributed by atoms with Crippen molar-refractivity contribution in [3.8, 4) is 11.5 Å². The molecule has 1 aromatic heterocycles. The van der Waals surface area contributed by atoms with Crippen molar-refractivity contribution in [1.29, 1.82) is 0 Å². The van der Waals surface area contributed by atoms with Gasteiger partial charge in [0.25, 0.3) is 5.89 Å². The van der Waals surface area contributed by atoms with Crippen molar-refractivity contribution < 1.29 is 4.52 Å². The lowest BCUT2D eigenvalue weighted by Crippen LogP contribution is -2.31. The predicted octanol–water partition coefficient (Wildman–Crippen LogP) is 2.46. The Hall–Kier alpha value is -1.88. The first-order valence-electron chi connectivity index (χ1n) is 7.17. The SMILES string of the molecule is Cc1noc(-c2ccccc2NCC2CCNCC2)n1. The van der Waals surface area contributed by atoms with Crippen LogP contribution in [-0.4, -0.2) is 29.8 Å². The summed E-state index contributed by atoms with van der Waals surface area (Å²) in [6, 6.07) is 8.09. The highest BCUT2D eigenvalue weighted by Crippen LogP contribution is 2.27. The molecule has 3 rings (SSSR count). The summed E-state index contributed by atoms with van der Waals surface area (Å²) >= 11 is 0. The number of para-hydroxylation sites is 1. The number of hydrogen-bond acceptors (Lipinski definition) is 5. The van der Waals surface area contributed by atoms with E-state index in [0.717, 1.165) is 36.8 Å². The summed E-state index contributed by atoms with van der Waals surface area (Å²) in [4.78, 5) is 4.31. The average Bonchev–Trinajstić information content (AvgIpc) is 2.93. The molecular formula is C15H20N4O. The molecule has 5 heteroatoms. The van der Waals surface area contributed by atoms with Gasteiger partial charge in [0.05, 0.1) is 5.56 Å². The van der Waals surface area contributed by atoms with Crippen molar-refractivity contribution in [1.82, 2.24) is 15.5 Å². The number of aryl methyl sites for hydroxylation is 1. The molecule has 20 heavy (non-hydrogen) atoms. The topological polar surface area (TPSA) is 63.0 Å². The van der Waals surface area contributed by atoms with E-state index in [1.54, 1.807) is 0 Å². The van der Waals surface area contributed by atoms with Crippen LogP contribution < -0.4 is 10.6 Å². The standard InChI is InChI=1S/C15H20N4O/c1-11-18-15(20-19-11)13-4-2-3-5-14(13)17-10-12-6-8-16-9-7-12/h2-5,12,16-17H,6-10H2,1H3. The van der Waals surface area contributed by atoms with Gasteiger partial charge in [-0.3, -0.25) is 0 Å². The summed E-state index contributed by atoms with van der Waals surface area (Å²) in [6.07, 6.45) is 2.46. The van der Waals surface area contributed by atoms with Gasteiger partial charge in [-0.05, 0) is 50.9 Å². The Bertz CT molecular complexity index is 561. The third kappa shape index (κ3) is 2.99. The van der Waals surface area contributed by atoms with Gasteiger partial charge in [-0.15, -0.1) is 0 Å². The summed E-state index contributed by atoms with van der Waals surface area (Å²) in [5, 5.41) is 10.8. The Labute approximate surface area is 118 Å². The highest BCUT2D eigenvalue weighted by Gasteiger charge is 2.15. The van der Waals surface area contributed by atoms with Crippen molar-refractivity contribution in [3.63, 3.8) is 0 Å². The number of piperidine rings is 1. The van der Waals surface area contributed by atoms with E-state index in [-0.39, 0.29) is 0 Å². The van der Waals surface area contributed by atoms with Gasteiger partial charge in [0, 0.05) is 12.2 Å². The molecule has 0 saturated carbocycles. The normalized spacial score (nSPS) is 16.2. The first kappa shape index (κ1) is 13.1. The van der Waals surface area contributed by atoms with Gasteiger partial charge in [0.1, 0.15) is 0 Å². The third-order valence-corrected chi connectivity index (χ3v) is 3.72. The van der Waals surface area contributed by atoms with E-state index in [2.05, 4.69) is 26.8 Å². The molecule has 1 fully saturated rings. The number of benzene rings is 1. The fourth-order valence-electron chi connectivity index (χ4n) is 2.57. The minimum absolute atomic E-state index is 0.580. The molecule has 0 radical (unpaired) electrons. The van der Waals surface area contributed by atoms with Crippen molar-refractivity contribution >= 4 is 5.69 Å². The van der Waals surface area contributed by atoms with Gasteiger partial charge in [-0.1, -0.05) is 17.3 Å². The average molecular weight is 272 g/mol. The lowest BCUT2D eigenvalue weighted by atomic mass is 9.98. The molecule has 0 bridgehead atoms. The quantitative estimate of drug-likeness (QED) is 0.895. The molecule has 2 heterocycles. The van der Waals surface area contributed by atoms with Crippen molar-refractivity contribution in [2.75, 3.05) is 25.0 Å². The minimum Gasteiger partial charge on any atom is -0.384 e. The maximum absolute atomic E-state index is 5.27. The van der Waals surface area contributed by atoms with Gasteiger partial charge >= 0.3 is 0 Å². The van der Waals surface area contributed by atoms with E-state index in [1.807, 2.05) is 25.1 Å². The van der Waals surface area contributed by atoms with Crippen molar-refractivity contribution in [2.45, 2.75) is 19.8 Å². The zero-order chi connectivity index (χ0) is 13.8. The Morgan fingerprint density at radius 3 is 2.85 bits per heavy atom. The minimum atomic E-state index is 0.580. The monoisotopic (exact) mass is 272 g/mol. The Morgan fingerprint density at radius 2 is 2.10 bits per heavy atom. The largest absolute Gasteiger partial charge is 0.384 e. The molecule has 0 spiro atoms. The highest BCUT2D eigenvalue weighted by molar-refractivity contribution is 5.72. The zero-order valence-corrected chi connectivity index (χ0v) is 11.7. The Morgan fingerprint density at radius 1 is 1.30 bits per heavy atom. The number of hydrogen-bond donors (Lipinski definition) is 2. The molecule has 1 aliphatic heterocycles. The molecule has 2 N–H and O–H groups in total. The Balaban J connectivity index is 1.72. The second-order valence-electron chi connectivity index (χ2n) is 5.27. The maximum atomic E-state index is 5.27. The first-order valence-corrected chi connectivity index (χ1v) is 7.17. The molecule has 0 amide bonds. The van der Waals surface area contributed by atoms with Gasteiger partial charge in [0.2, 0.25) is 0 Å². The zero-order valence-electron chi connectivity index (χ0n) is 11.7. The number of anilines is 1. The van der Waals surface area contributed by atoms with E-state index in [0.29, 0.717) is 11.7 Å². The first-order chi connectivity index (χ1) is 9.83. The van der Waals surface area contributed by atoms with Crippen molar-refractivity contribution in [2.24, 2.45) is 5.92 Å². The van der Waals surface area contributed by atoms with Gasteiger partial charge in [-0.25, -0.2) is 0 Å². The smallest absolute Gasteiger partial charge is 0.260 e. The third-order valence-electron chi connectivity index (χ3n) is 3.72. The van der Waals surface area contributed by atoms with E-state index < -0.39 is 0 Å². The van der Waals surface area contributed by atoms with Gasteiger partial charge in [-0.2, -0.15) is 4.98 Å². The van der Waals surface area contributed by atoms with E-state index in [4.69, 9.17) is 4.52 Å². The summed E-state index contributed by atoms with van der Waals surface area (Å²) in [6.45, 7) is 5.07. The van der Waals surface area contributed by atoms with Crippen LogP contribution in [-0.2, 0) is 0 Å². The van der Waals surface area contributed by atoms with Crippen LogP contribution in [0.4, 0.5) is 5.69 Å². The van der Waals surface area contributed by atoms with Gasteiger partial charge < -0.3 is 15.2 Å². The summed E-state index contributed by atoms with van der Waals surface area (Å²) in [5.41, 5.74) is 2.04. The fourth-order valence-corrected chi connectivity index (χ4v) is 2.57. The van der Waals surface area contributed by atoms with E-state index in [9.17, 15) is 0 Å². The van der Waals surface area contributed by atoms with Crippen LogP contribution in [0.25, 0.3) is 11.5 Å². The molecule has 1 saturated heterocycles. The van der Waals surface area contributed by atoms with Crippen LogP contribution in [0.2, 0.25) is 0 Å². The molecule has 1 aliphatic rings. The molecule has 1 aromatic carbocycles. The molecule has 2 aromatic rings. The number of nitrogens with zero attached hydrogens (tertiary/aromatic N) is 2. The second-order valence-corrected chi connectivity index (χ2v) is 5.27. The molecule has 0 unspecified atom stereocenters. The van der Waals surface area contributed by atoms with Crippen LogP contribution >= 0.6 is 0 Å². The van der Waals surface area contributed by atoms with Crippen LogP contribution in [0.3, 0.4) is 0 Å². The van der Waals surface area contributed by atoms with Crippen LogP contribution in [0.1, 0.15) is 18.7 Å².